The van der Waals surface area contributed by atoms with Crippen LogP contribution < -0.4 is 0 Å². The summed E-state index contributed by atoms with van der Waals surface area (Å²) < 4.78 is 37.9. The zero-order chi connectivity index (χ0) is 12.6. The molecule has 0 spiro atoms. The minimum absolute atomic E-state index is 0.235. The number of Topliss-reactive ketones (excluding diaryl/α,β-unsaturated/α-hetero) is 1. The van der Waals surface area contributed by atoms with Crippen LogP contribution in [0, 0.1) is 5.92 Å². The van der Waals surface area contributed by atoms with Gasteiger partial charge in [0.2, 0.25) is 0 Å². The van der Waals surface area contributed by atoms with Gasteiger partial charge in [0.1, 0.15) is 5.92 Å². The number of benzene rings is 1. The highest BCUT2D eigenvalue weighted by Crippen LogP contribution is 2.42. The van der Waals surface area contributed by atoms with Gasteiger partial charge in [0.25, 0.3) is 0 Å². The van der Waals surface area contributed by atoms with E-state index in [1.54, 1.807) is 30.3 Å². The lowest BCUT2D eigenvalue weighted by atomic mass is 10.0. The Balaban J connectivity index is 2.36. The van der Waals surface area contributed by atoms with Crippen LogP contribution in [0.4, 0.5) is 13.2 Å². The minimum atomic E-state index is -4.45. The summed E-state index contributed by atoms with van der Waals surface area (Å²) in [6.07, 6.45) is -4.69. The summed E-state index contributed by atoms with van der Waals surface area (Å²) in [4.78, 5) is 11.6. The maximum absolute atomic E-state index is 12.6. The van der Waals surface area contributed by atoms with E-state index < -0.39 is 17.9 Å². The summed E-state index contributed by atoms with van der Waals surface area (Å²) in [6.45, 7) is 1.47. The molecule has 0 aliphatic heterocycles. The molecule has 0 aromatic heterocycles. The van der Waals surface area contributed by atoms with Crippen molar-refractivity contribution >= 4 is 11.4 Å². The van der Waals surface area contributed by atoms with E-state index in [-0.39, 0.29) is 12.0 Å². The molecule has 1 unspecified atom stereocenters. The second kappa shape index (κ2) is 4.02. The molecule has 0 saturated carbocycles. The Bertz CT molecular complexity index is 471. The molecule has 90 valence electrons. The molecule has 1 aliphatic carbocycles. The van der Waals surface area contributed by atoms with Gasteiger partial charge >= 0.3 is 6.18 Å². The number of carbonyl (C=O) groups excluding carboxylic acids is 1. The molecule has 0 saturated heterocycles. The first kappa shape index (κ1) is 11.9. The van der Waals surface area contributed by atoms with Crippen LogP contribution in [-0.4, -0.2) is 12.0 Å². The molecule has 0 N–H and O–H groups in total. The molecule has 1 atom stereocenters. The topological polar surface area (TPSA) is 17.1 Å². The van der Waals surface area contributed by atoms with E-state index in [2.05, 4.69) is 0 Å². The van der Waals surface area contributed by atoms with Crippen LogP contribution in [0.25, 0.3) is 5.57 Å². The number of carbonyl (C=O) groups is 1. The Hall–Kier alpha value is -1.58. The first-order valence-electron chi connectivity index (χ1n) is 5.27. The molecule has 4 heteroatoms. The summed E-state index contributed by atoms with van der Waals surface area (Å²) in [6, 6.07) is 8.75. The fraction of sp³-hybridized carbons (Fsp3) is 0.308. The molecule has 1 aromatic carbocycles. The number of ketones is 1. The zero-order valence-electron chi connectivity index (χ0n) is 9.21. The summed E-state index contributed by atoms with van der Waals surface area (Å²) in [5.41, 5.74) is 1.45. The Morgan fingerprint density at radius 3 is 2.24 bits per heavy atom. The van der Waals surface area contributed by atoms with E-state index >= 15 is 0 Å². The van der Waals surface area contributed by atoms with Crippen LogP contribution in [0.3, 0.4) is 0 Å². The quantitative estimate of drug-likeness (QED) is 0.732. The number of alkyl halides is 3. The Morgan fingerprint density at radius 2 is 1.76 bits per heavy atom. The zero-order valence-corrected chi connectivity index (χ0v) is 9.21. The molecule has 1 nitrogen and oxygen atoms in total. The fourth-order valence-electron chi connectivity index (χ4n) is 2.10. The van der Waals surface area contributed by atoms with Crippen molar-refractivity contribution in [2.75, 3.05) is 0 Å². The average molecular weight is 240 g/mol. The third-order valence-corrected chi connectivity index (χ3v) is 3.06. The number of hydrogen-bond acceptors (Lipinski definition) is 1. The maximum Gasteiger partial charge on any atom is 0.399 e. The molecular formula is C13H11F3O. The number of hydrogen-bond donors (Lipinski definition) is 0. The van der Waals surface area contributed by atoms with Crippen LogP contribution in [-0.2, 0) is 4.79 Å². The molecule has 1 aromatic rings. The van der Waals surface area contributed by atoms with Crippen molar-refractivity contribution in [3.63, 3.8) is 0 Å². The van der Waals surface area contributed by atoms with Gasteiger partial charge in [-0.2, -0.15) is 13.2 Å². The summed E-state index contributed by atoms with van der Waals surface area (Å²) >= 11 is 0. The smallest absolute Gasteiger partial charge is 0.294 e. The van der Waals surface area contributed by atoms with Crippen molar-refractivity contribution < 1.29 is 18.0 Å². The van der Waals surface area contributed by atoms with Crippen molar-refractivity contribution in [2.24, 2.45) is 5.92 Å². The van der Waals surface area contributed by atoms with E-state index in [0.717, 1.165) is 0 Å². The largest absolute Gasteiger partial charge is 0.399 e. The van der Waals surface area contributed by atoms with Gasteiger partial charge in [-0.15, -0.1) is 0 Å². The molecule has 17 heavy (non-hydrogen) atoms. The summed E-state index contributed by atoms with van der Waals surface area (Å²) in [5.74, 6) is -2.66. The first-order valence-corrected chi connectivity index (χ1v) is 5.27. The molecule has 0 radical (unpaired) electrons. The van der Waals surface area contributed by atoms with Crippen LogP contribution in [0.2, 0.25) is 0 Å². The average Bonchev–Trinajstić information content (AvgIpc) is 2.57. The number of halogens is 3. The maximum atomic E-state index is 12.6. The highest BCUT2D eigenvalue weighted by Gasteiger charge is 2.49. The lowest BCUT2D eigenvalue weighted by Gasteiger charge is -2.13. The normalized spacial score (nSPS) is 21.2. The van der Waals surface area contributed by atoms with Gasteiger partial charge in [0, 0.05) is 0 Å². The summed E-state index contributed by atoms with van der Waals surface area (Å²) in [7, 11) is 0. The number of rotatable bonds is 1. The van der Waals surface area contributed by atoms with Crippen molar-refractivity contribution in [2.45, 2.75) is 19.5 Å². The van der Waals surface area contributed by atoms with E-state index in [0.29, 0.717) is 11.1 Å². The first-order chi connectivity index (χ1) is 7.91. The van der Waals surface area contributed by atoms with Crippen LogP contribution in [0.1, 0.15) is 18.9 Å². The molecule has 0 bridgehead atoms. The Labute approximate surface area is 96.9 Å². The van der Waals surface area contributed by atoms with Gasteiger partial charge in [-0.1, -0.05) is 30.3 Å². The van der Waals surface area contributed by atoms with Gasteiger partial charge in [-0.3, -0.25) is 4.79 Å². The SMILES string of the molecule is CC1=C(c2ccccc2)CC(C(F)(F)F)C1=O. The third kappa shape index (κ3) is 2.12. The van der Waals surface area contributed by atoms with Crippen LogP contribution >= 0.6 is 0 Å². The van der Waals surface area contributed by atoms with Gasteiger partial charge < -0.3 is 0 Å². The molecular weight excluding hydrogens is 229 g/mol. The van der Waals surface area contributed by atoms with E-state index in [4.69, 9.17) is 0 Å². The van der Waals surface area contributed by atoms with E-state index in [9.17, 15) is 18.0 Å². The molecule has 0 fully saturated rings. The second-order valence-electron chi connectivity index (χ2n) is 4.13. The highest BCUT2D eigenvalue weighted by atomic mass is 19.4. The lowest BCUT2D eigenvalue weighted by Crippen LogP contribution is -2.27. The molecule has 1 aliphatic rings. The standard InChI is InChI=1S/C13H11F3O/c1-8-10(9-5-3-2-4-6-9)7-11(12(8)17)13(14,15)16/h2-6,11H,7H2,1H3. The minimum Gasteiger partial charge on any atom is -0.294 e. The van der Waals surface area contributed by atoms with Crippen LogP contribution in [0.15, 0.2) is 35.9 Å². The van der Waals surface area contributed by atoms with Gasteiger partial charge in [0.05, 0.1) is 0 Å². The van der Waals surface area contributed by atoms with Gasteiger partial charge in [-0.05, 0) is 30.1 Å². The molecule has 2 rings (SSSR count). The monoisotopic (exact) mass is 240 g/mol. The van der Waals surface area contributed by atoms with Crippen molar-refractivity contribution in [1.82, 2.24) is 0 Å². The molecule has 0 heterocycles. The third-order valence-electron chi connectivity index (χ3n) is 3.06. The Kier molecular flexibility index (Phi) is 2.81. The lowest BCUT2D eigenvalue weighted by molar-refractivity contribution is -0.176. The number of allylic oxidation sites excluding steroid dienone is 2. The Morgan fingerprint density at radius 1 is 1.18 bits per heavy atom. The predicted molar refractivity (Wildman–Crippen MR) is 58.2 cm³/mol. The van der Waals surface area contributed by atoms with Gasteiger partial charge in [0.15, 0.2) is 5.78 Å². The van der Waals surface area contributed by atoms with Crippen molar-refractivity contribution in [3.8, 4) is 0 Å². The highest BCUT2D eigenvalue weighted by molar-refractivity contribution is 6.08. The van der Waals surface area contributed by atoms with Gasteiger partial charge in [-0.25, -0.2) is 0 Å². The summed E-state index contributed by atoms with van der Waals surface area (Å²) in [5, 5.41) is 0. The fourth-order valence-corrected chi connectivity index (χ4v) is 2.10. The van der Waals surface area contributed by atoms with Crippen LogP contribution in [0.5, 0.6) is 0 Å². The van der Waals surface area contributed by atoms with E-state index in [1.165, 1.54) is 6.92 Å². The van der Waals surface area contributed by atoms with E-state index in [1.807, 2.05) is 0 Å². The van der Waals surface area contributed by atoms with Crippen molar-refractivity contribution in [1.29, 1.82) is 0 Å². The second-order valence-corrected chi connectivity index (χ2v) is 4.13. The molecule has 0 amide bonds. The van der Waals surface area contributed by atoms with Crippen molar-refractivity contribution in [3.05, 3.63) is 41.5 Å². The predicted octanol–water partition coefficient (Wildman–Crippen LogP) is 3.61.